The molecule has 0 aliphatic rings. The maximum atomic E-state index is 13.0. The number of anilines is 2. The van der Waals surface area contributed by atoms with Crippen molar-refractivity contribution in [3.8, 4) is 23.7 Å². The Labute approximate surface area is 437 Å². The van der Waals surface area contributed by atoms with Crippen LogP contribution in [0, 0.1) is 23.7 Å². The Hall–Kier alpha value is -7.21. The fourth-order valence-electron chi connectivity index (χ4n) is 6.17. The minimum Gasteiger partial charge on any atom is -0.480 e. The van der Waals surface area contributed by atoms with Crippen molar-refractivity contribution < 1.29 is 53.1 Å². The molecule has 16 nitrogen and oxygen atoms in total. The molecule has 8 N–H and O–H groups in total. The smallest absolute Gasteiger partial charge is 0.408 e. The topological polar surface area (TPSA) is 237 Å². The van der Waals surface area contributed by atoms with Gasteiger partial charge < -0.3 is 56.2 Å². The van der Waals surface area contributed by atoms with Gasteiger partial charge in [-0.1, -0.05) is 60.1 Å². The molecule has 0 aliphatic heterocycles. The maximum Gasteiger partial charge on any atom is 0.408 e. The number of nitrogens with two attached hydrogens (primary N) is 1. The predicted octanol–water partition coefficient (Wildman–Crippen LogP) is 9.02. The van der Waals surface area contributed by atoms with Gasteiger partial charge in [-0.05, 0) is 177 Å². The first-order valence-electron chi connectivity index (χ1n) is 24.2. The summed E-state index contributed by atoms with van der Waals surface area (Å²) in [5.74, 6) is 10.3. The minimum absolute atomic E-state index is 0.402. The molecule has 6 atom stereocenters. The SMILES string of the molecule is C[C@@H](O)[C@H](N)C(=O)Nc1ccc(C#Cc2ccccc2)cc1.C[C@@H](OC(C)(C)C)[C@H](NC(=O)OC(C)(C)C)C(=O)Nc1ccc(C#Cc2ccccc2)cc1.C[C@@H](OC(C)(C)C)[C@H](NC(=O)OC(C)(C)C)C(=O)O. The Morgan fingerprint density at radius 3 is 1.09 bits per heavy atom. The highest BCUT2D eigenvalue weighted by Crippen LogP contribution is 2.18. The van der Waals surface area contributed by atoms with Gasteiger partial charge in [-0.25, -0.2) is 14.4 Å². The van der Waals surface area contributed by atoms with Crippen LogP contribution in [0.15, 0.2) is 109 Å². The van der Waals surface area contributed by atoms with Crippen molar-refractivity contribution in [1.29, 1.82) is 0 Å². The Bertz CT molecular complexity index is 2540. The average molecular weight is 1020 g/mol. The number of hydrogen-bond donors (Lipinski definition) is 7. The molecule has 0 fully saturated rings. The lowest BCUT2D eigenvalue weighted by atomic mass is 10.1. The third-order valence-electron chi connectivity index (χ3n) is 9.29. The summed E-state index contributed by atoms with van der Waals surface area (Å²) in [6.45, 7) is 26.3. The van der Waals surface area contributed by atoms with Crippen molar-refractivity contribution in [1.82, 2.24) is 10.6 Å². The first-order chi connectivity index (χ1) is 34.2. The summed E-state index contributed by atoms with van der Waals surface area (Å²) >= 11 is 0. The lowest BCUT2D eigenvalue weighted by molar-refractivity contribution is -0.147. The second-order valence-electron chi connectivity index (χ2n) is 21.1. The van der Waals surface area contributed by atoms with E-state index >= 15 is 0 Å². The molecule has 0 radical (unpaired) electrons. The quantitative estimate of drug-likeness (QED) is 0.0659. The third-order valence-corrected chi connectivity index (χ3v) is 9.29. The molecule has 0 spiro atoms. The van der Waals surface area contributed by atoms with Crippen LogP contribution >= 0.6 is 0 Å². The van der Waals surface area contributed by atoms with E-state index in [0.717, 1.165) is 22.3 Å². The molecule has 4 rings (SSSR count). The standard InChI is InChI=1S/C27H34N2O4.C18H18N2O2.C13H25NO5/c1-19(32-26(2,3)4)23(29-25(31)33-27(5,6)7)24(30)28-22-17-15-21(16-18-22)14-13-20-11-9-8-10-12-20;1-13(21)17(19)18(22)20-16-11-9-15(10-12-16)8-7-14-5-3-2-4-6-14;1-8(18-12(2,3)4)9(10(15)16)14-11(17)19-13(5,6)7/h8-12,15-19,23H,1-7H3,(H,28,30)(H,29,31);2-6,9-13,17,21H,19H2,1H3,(H,20,22);8-9H,1-7H3,(H,14,17)(H,15,16)/t19-,23+;13-,17+;8-,9+/m111/s1. The molecule has 74 heavy (non-hydrogen) atoms. The molecular formula is C58H77N5O11. The van der Waals surface area contributed by atoms with Crippen LogP contribution in [0.25, 0.3) is 0 Å². The van der Waals surface area contributed by atoms with Crippen LogP contribution in [0.4, 0.5) is 21.0 Å². The van der Waals surface area contributed by atoms with Crippen molar-refractivity contribution in [3.05, 3.63) is 131 Å². The maximum absolute atomic E-state index is 13.0. The normalized spacial score (nSPS) is 13.6. The summed E-state index contributed by atoms with van der Waals surface area (Å²) in [6.07, 6.45) is -3.61. The van der Waals surface area contributed by atoms with Crippen LogP contribution in [0.2, 0.25) is 0 Å². The van der Waals surface area contributed by atoms with Crippen LogP contribution in [0.5, 0.6) is 0 Å². The molecule has 16 heteroatoms. The van der Waals surface area contributed by atoms with Gasteiger partial charge in [-0.3, -0.25) is 9.59 Å². The highest BCUT2D eigenvalue weighted by Gasteiger charge is 2.33. The number of aliphatic carboxylic acids is 1. The fourth-order valence-corrected chi connectivity index (χ4v) is 6.17. The second-order valence-corrected chi connectivity index (χ2v) is 21.1. The molecule has 4 amide bonds. The van der Waals surface area contributed by atoms with Gasteiger partial charge in [0.15, 0.2) is 6.04 Å². The molecule has 0 aromatic heterocycles. The lowest BCUT2D eigenvalue weighted by Crippen LogP contribution is -2.53. The predicted molar refractivity (Wildman–Crippen MR) is 289 cm³/mol. The van der Waals surface area contributed by atoms with Crippen LogP contribution in [0.1, 0.15) is 126 Å². The number of carbonyl (C=O) groups excluding carboxylic acids is 4. The van der Waals surface area contributed by atoms with Gasteiger partial charge in [0.2, 0.25) is 11.8 Å². The van der Waals surface area contributed by atoms with E-state index in [1.165, 1.54) is 6.92 Å². The number of nitrogens with one attached hydrogen (secondary N) is 4. The van der Waals surface area contributed by atoms with Crippen LogP contribution < -0.4 is 27.0 Å². The van der Waals surface area contributed by atoms with Gasteiger partial charge >= 0.3 is 18.2 Å². The zero-order valence-corrected chi connectivity index (χ0v) is 45.5. The Balaban J connectivity index is 0.000000400. The Kier molecular flexibility index (Phi) is 24.6. The summed E-state index contributed by atoms with van der Waals surface area (Å²) in [5, 5.41) is 28.9. The van der Waals surface area contributed by atoms with Gasteiger partial charge in [-0.15, -0.1) is 0 Å². The third kappa shape index (κ3) is 27.0. The Morgan fingerprint density at radius 2 is 0.784 bits per heavy atom. The number of aliphatic hydroxyl groups is 1. The number of hydrogen-bond acceptors (Lipinski definition) is 11. The molecule has 0 heterocycles. The zero-order chi connectivity index (χ0) is 56.0. The number of benzene rings is 4. The molecule has 0 aliphatic carbocycles. The summed E-state index contributed by atoms with van der Waals surface area (Å²) in [5.41, 5.74) is 7.96. The number of carboxylic acids is 1. The number of alkyl carbamates (subject to hydrolysis) is 2. The van der Waals surface area contributed by atoms with E-state index in [1.54, 1.807) is 79.7 Å². The first-order valence-corrected chi connectivity index (χ1v) is 24.2. The molecule has 4 aromatic carbocycles. The highest BCUT2D eigenvalue weighted by molar-refractivity contribution is 5.97. The van der Waals surface area contributed by atoms with E-state index in [0.29, 0.717) is 11.4 Å². The molecule has 400 valence electrons. The van der Waals surface area contributed by atoms with Crippen molar-refractivity contribution in [2.75, 3.05) is 10.6 Å². The summed E-state index contributed by atoms with van der Waals surface area (Å²) in [4.78, 5) is 59.9. The van der Waals surface area contributed by atoms with Crippen molar-refractivity contribution in [2.45, 2.75) is 163 Å². The van der Waals surface area contributed by atoms with E-state index in [-0.39, 0.29) is 0 Å². The van der Waals surface area contributed by atoms with E-state index in [9.17, 15) is 29.1 Å². The summed E-state index contributed by atoms with van der Waals surface area (Å²) in [6, 6.07) is 30.7. The number of ether oxygens (including phenoxy) is 4. The second kappa shape index (κ2) is 28.9. The molecule has 4 aromatic rings. The number of aliphatic hydroxyl groups excluding tert-OH is 1. The number of rotatable bonds is 12. The number of carbonyl (C=O) groups is 5. The van der Waals surface area contributed by atoms with Crippen molar-refractivity contribution in [2.24, 2.45) is 5.73 Å². The van der Waals surface area contributed by atoms with Gasteiger partial charge in [-0.2, -0.15) is 0 Å². The van der Waals surface area contributed by atoms with E-state index < -0.39 is 88.8 Å². The van der Waals surface area contributed by atoms with Crippen molar-refractivity contribution >= 4 is 41.3 Å². The monoisotopic (exact) mass is 1020 g/mol. The fraction of sp³-hybridized carbons (Fsp3) is 0.431. The van der Waals surface area contributed by atoms with E-state index in [2.05, 4.69) is 44.9 Å². The van der Waals surface area contributed by atoms with Crippen LogP contribution in [-0.2, 0) is 33.3 Å². The van der Waals surface area contributed by atoms with Gasteiger partial charge in [0.1, 0.15) is 23.3 Å². The van der Waals surface area contributed by atoms with Crippen molar-refractivity contribution in [3.63, 3.8) is 0 Å². The van der Waals surface area contributed by atoms with Gasteiger partial charge in [0.05, 0.1) is 29.5 Å². The molecule has 0 saturated heterocycles. The number of carboxylic acid groups (broad SMARTS) is 1. The largest absolute Gasteiger partial charge is 0.480 e. The minimum atomic E-state index is -1.16. The van der Waals surface area contributed by atoms with E-state index in [1.807, 2.05) is 126 Å². The van der Waals surface area contributed by atoms with E-state index in [4.69, 9.17) is 29.8 Å². The lowest BCUT2D eigenvalue weighted by Gasteiger charge is -2.31. The average Bonchev–Trinajstić information content (AvgIpc) is 3.28. The summed E-state index contributed by atoms with van der Waals surface area (Å²) < 4.78 is 21.8. The molecule has 0 bridgehead atoms. The van der Waals surface area contributed by atoms with Crippen LogP contribution in [-0.4, -0.2) is 99.0 Å². The molecule has 0 saturated carbocycles. The zero-order valence-electron chi connectivity index (χ0n) is 45.5. The molecular weight excluding hydrogens is 943 g/mol. The van der Waals surface area contributed by atoms with Crippen LogP contribution in [0.3, 0.4) is 0 Å². The number of amides is 4. The van der Waals surface area contributed by atoms with Gasteiger partial charge in [0, 0.05) is 33.6 Å². The summed E-state index contributed by atoms with van der Waals surface area (Å²) in [7, 11) is 0. The highest BCUT2D eigenvalue weighted by atomic mass is 16.6. The van der Waals surface area contributed by atoms with Gasteiger partial charge in [0.25, 0.3) is 0 Å². The first kappa shape index (κ1) is 62.9. The Morgan fingerprint density at radius 1 is 0.473 bits per heavy atom. The molecule has 0 unspecified atom stereocenters.